The Balaban J connectivity index is 1.55. The van der Waals surface area contributed by atoms with Gasteiger partial charge >= 0.3 is 16.2 Å². The fourth-order valence-electron chi connectivity index (χ4n) is 6.16. The van der Waals surface area contributed by atoms with Gasteiger partial charge in [-0.2, -0.15) is 13.4 Å². The molecule has 3 heterocycles. The Labute approximate surface area is 260 Å². The van der Waals surface area contributed by atoms with Gasteiger partial charge in [-0.15, -0.1) is 0 Å². The van der Waals surface area contributed by atoms with Crippen LogP contribution in [0.1, 0.15) is 94.7 Å². The second-order valence-electron chi connectivity index (χ2n) is 12.8. The number of hydrogen-bond acceptors (Lipinski definition) is 9. The zero-order valence-corrected chi connectivity index (χ0v) is 27.8. The van der Waals surface area contributed by atoms with E-state index in [9.17, 15) is 13.2 Å². The standard InChI is InChI=1S/C33H44N4O6S/c1-19(2)23-14-25(20(3)4)31(26(15-23)21(5)6)44(39,40)43-32-27-16-30(29(41-8)17-28(27)34-22(7)35-32)42-33(38)37-13-12-36-11-9-10-24(36)18-37/h14-17,19-21,24H,9-13,18H2,1-8H3. The molecule has 44 heavy (non-hydrogen) atoms. The molecule has 1 amide bonds. The zero-order chi connectivity index (χ0) is 31.9. The van der Waals surface area contributed by atoms with E-state index in [2.05, 4.69) is 28.7 Å². The van der Waals surface area contributed by atoms with Crippen LogP contribution in [-0.2, 0) is 10.1 Å². The molecule has 10 nitrogen and oxygen atoms in total. The van der Waals surface area contributed by atoms with Gasteiger partial charge in [0.25, 0.3) is 0 Å². The van der Waals surface area contributed by atoms with Gasteiger partial charge in [0.05, 0.1) is 18.0 Å². The molecular formula is C33H44N4O6S. The molecule has 3 aromatic rings. The highest BCUT2D eigenvalue weighted by molar-refractivity contribution is 7.87. The highest BCUT2D eigenvalue weighted by Crippen LogP contribution is 2.39. The maximum Gasteiger partial charge on any atom is 0.415 e. The van der Waals surface area contributed by atoms with Crippen LogP contribution < -0.4 is 13.7 Å². The maximum atomic E-state index is 14.2. The summed E-state index contributed by atoms with van der Waals surface area (Å²) in [5.74, 6) is 0.729. The molecule has 0 aliphatic carbocycles. The molecule has 5 rings (SSSR count). The van der Waals surface area contributed by atoms with Crippen LogP contribution in [0.3, 0.4) is 0 Å². The lowest BCUT2D eigenvalue weighted by molar-refractivity contribution is 0.0928. The van der Waals surface area contributed by atoms with Crippen LogP contribution in [0, 0.1) is 6.92 Å². The van der Waals surface area contributed by atoms with Gasteiger partial charge in [0, 0.05) is 31.7 Å². The summed E-state index contributed by atoms with van der Waals surface area (Å²) in [6, 6.07) is 7.41. The molecule has 11 heteroatoms. The molecule has 0 radical (unpaired) electrons. The summed E-state index contributed by atoms with van der Waals surface area (Å²) >= 11 is 0. The number of hydrogen-bond donors (Lipinski definition) is 0. The second kappa shape index (κ2) is 12.5. The van der Waals surface area contributed by atoms with Crippen LogP contribution in [0.4, 0.5) is 4.79 Å². The predicted molar refractivity (Wildman–Crippen MR) is 170 cm³/mol. The molecule has 0 bridgehead atoms. The van der Waals surface area contributed by atoms with Crippen molar-refractivity contribution in [3.63, 3.8) is 0 Å². The fourth-order valence-corrected chi connectivity index (χ4v) is 7.75. The molecule has 0 spiro atoms. The van der Waals surface area contributed by atoms with E-state index in [1.807, 2.05) is 39.8 Å². The van der Waals surface area contributed by atoms with Crippen molar-refractivity contribution in [1.82, 2.24) is 19.8 Å². The van der Waals surface area contributed by atoms with Gasteiger partial charge in [0.2, 0.25) is 5.88 Å². The normalized spacial score (nSPS) is 17.5. The molecule has 2 fully saturated rings. The van der Waals surface area contributed by atoms with Gasteiger partial charge in [0.15, 0.2) is 11.5 Å². The van der Waals surface area contributed by atoms with Crippen molar-refractivity contribution in [2.24, 2.45) is 0 Å². The number of amides is 1. The van der Waals surface area contributed by atoms with Crippen molar-refractivity contribution >= 4 is 27.1 Å². The third kappa shape index (κ3) is 6.35. The summed E-state index contributed by atoms with van der Waals surface area (Å²) in [4.78, 5) is 26.5. The predicted octanol–water partition coefficient (Wildman–Crippen LogP) is 6.36. The van der Waals surface area contributed by atoms with E-state index in [-0.39, 0.29) is 34.3 Å². The topological polar surface area (TPSA) is 111 Å². The molecule has 2 saturated heterocycles. The summed E-state index contributed by atoms with van der Waals surface area (Å²) in [6.07, 6.45) is 1.72. The number of fused-ring (bicyclic) bond motifs is 2. The van der Waals surface area contributed by atoms with Crippen LogP contribution in [0.2, 0.25) is 0 Å². The summed E-state index contributed by atoms with van der Waals surface area (Å²) < 4.78 is 45.6. The monoisotopic (exact) mass is 624 g/mol. The first-order valence-corrected chi connectivity index (χ1v) is 16.9. The van der Waals surface area contributed by atoms with Crippen LogP contribution in [0.15, 0.2) is 29.2 Å². The minimum atomic E-state index is -4.33. The molecule has 2 aliphatic rings. The Kier molecular flexibility index (Phi) is 9.09. The minimum Gasteiger partial charge on any atom is -0.493 e. The number of nitrogens with zero attached hydrogens (tertiary/aromatic N) is 4. The molecule has 1 aromatic heterocycles. The first-order valence-electron chi connectivity index (χ1n) is 15.5. The highest BCUT2D eigenvalue weighted by Gasteiger charge is 2.34. The van der Waals surface area contributed by atoms with E-state index in [0.29, 0.717) is 52.7 Å². The van der Waals surface area contributed by atoms with Gasteiger partial charge in [-0.05, 0) is 66.8 Å². The van der Waals surface area contributed by atoms with Crippen LogP contribution in [0.25, 0.3) is 10.9 Å². The summed E-state index contributed by atoms with van der Waals surface area (Å²) in [6.45, 7) is 16.8. The number of rotatable bonds is 8. The fraction of sp³-hybridized carbons (Fsp3) is 0.545. The minimum absolute atomic E-state index is 0.0650. The molecule has 1 unspecified atom stereocenters. The number of benzene rings is 2. The smallest absolute Gasteiger partial charge is 0.415 e. The van der Waals surface area contributed by atoms with Gasteiger partial charge in [-0.1, -0.05) is 53.7 Å². The Morgan fingerprint density at radius 2 is 1.59 bits per heavy atom. The van der Waals surface area contributed by atoms with Crippen molar-refractivity contribution < 1.29 is 26.9 Å². The lowest BCUT2D eigenvalue weighted by atomic mass is 9.89. The van der Waals surface area contributed by atoms with Crippen molar-refractivity contribution in [3.05, 3.63) is 46.8 Å². The molecule has 238 valence electrons. The lowest BCUT2D eigenvalue weighted by Crippen LogP contribution is -2.52. The second-order valence-corrected chi connectivity index (χ2v) is 14.3. The molecular weight excluding hydrogens is 580 g/mol. The summed E-state index contributed by atoms with van der Waals surface area (Å²) in [5.41, 5.74) is 2.89. The lowest BCUT2D eigenvalue weighted by Gasteiger charge is -2.36. The van der Waals surface area contributed by atoms with Crippen molar-refractivity contribution in [2.75, 3.05) is 33.3 Å². The third-order valence-electron chi connectivity index (χ3n) is 8.62. The first-order chi connectivity index (χ1) is 20.8. The summed E-state index contributed by atoms with van der Waals surface area (Å²) in [5, 5.41) is 0.291. The Morgan fingerprint density at radius 3 is 2.20 bits per heavy atom. The van der Waals surface area contributed by atoms with Crippen LogP contribution in [-0.4, -0.2) is 73.6 Å². The van der Waals surface area contributed by atoms with E-state index in [0.717, 1.165) is 31.5 Å². The summed E-state index contributed by atoms with van der Waals surface area (Å²) in [7, 11) is -2.86. The Morgan fingerprint density at radius 1 is 0.909 bits per heavy atom. The molecule has 0 N–H and O–H groups in total. The maximum absolute atomic E-state index is 14.2. The zero-order valence-electron chi connectivity index (χ0n) is 27.0. The van der Waals surface area contributed by atoms with Gasteiger partial charge in [0.1, 0.15) is 10.7 Å². The quantitative estimate of drug-likeness (QED) is 0.264. The Hall–Kier alpha value is -3.44. The van der Waals surface area contributed by atoms with Gasteiger partial charge in [-0.25, -0.2) is 9.78 Å². The van der Waals surface area contributed by atoms with E-state index in [1.54, 1.807) is 17.9 Å². The third-order valence-corrected chi connectivity index (χ3v) is 9.97. The first kappa shape index (κ1) is 32.0. The average Bonchev–Trinajstić information content (AvgIpc) is 3.44. The van der Waals surface area contributed by atoms with E-state index in [4.69, 9.17) is 13.7 Å². The largest absolute Gasteiger partial charge is 0.493 e. The molecule has 2 aromatic carbocycles. The number of piperazine rings is 1. The number of carbonyl (C=O) groups is 1. The van der Waals surface area contributed by atoms with E-state index >= 15 is 0 Å². The SMILES string of the molecule is COc1cc2nc(C)nc(OS(=O)(=O)c3c(C(C)C)cc(C(C)C)cc3C(C)C)c2cc1OC(=O)N1CCN2CCCC2C1. The molecule has 1 atom stereocenters. The number of aromatic nitrogens is 2. The number of ether oxygens (including phenoxy) is 2. The van der Waals surface area contributed by atoms with Crippen molar-refractivity contribution in [3.8, 4) is 17.4 Å². The molecule has 2 aliphatic heterocycles. The number of carbonyl (C=O) groups excluding carboxylic acids is 1. The van der Waals surface area contributed by atoms with Crippen LogP contribution >= 0.6 is 0 Å². The Bertz CT molecular complexity index is 1640. The molecule has 0 saturated carbocycles. The number of methoxy groups -OCH3 is 1. The average molecular weight is 625 g/mol. The van der Waals surface area contributed by atoms with E-state index in [1.165, 1.54) is 13.2 Å². The van der Waals surface area contributed by atoms with Gasteiger partial charge in [-0.3, -0.25) is 4.90 Å². The van der Waals surface area contributed by atoms with Crippen LogP contribution in [0.5, 0.6) is 17.4 Å². The van der Waals surface area contributed by atoms with Gasteiger partial charge < -0.3 is 18.6 Å². The van der Waals surface area contributed by atoms with E-state index < -0.39 is 16.2 Å². The number of aryl methyl sites for hydroxylation is 1. The van der Waals surface area contributed by atoms with Crippen molar-refractivity contribution in [2.45, 2.75) is 90.0 Å². The van der Waals surface area contributed by atoms with Crippen molar-refractivity contribution in [1.29, 1.82) is 0 Å². The highest BCUT2D eigenvalue weighted by atomic mass is 32.2.